The third-order valence-electron chi connectivity index (χ3n) is 5.04. The molecule has 0 radical (unpaired) electrons. The molecule has 0 unspecified atom stereocenters. The van der Waals surface area contributed by atoms with Crippen LogP contribution in [0.15, 0.2) is 47.5 Å². The van der Waals surface area contributed by atoms with E-state index in [1.807, 2.05) is 57.6 Å². The molecule has 0 bridgehead atoms. The number of anilines is 1. The largest absolute Gasteiger partial charge is 0.353 e. The Bertz CT molecular complexity index is 1040. The second-order valence-electron chi connectivity index (χ2n) is 9.18. The molecular weight excluding hydrogens is 440 g/mol. The van der Waals surface area contributed by atoms with Gasteiger partial charge in [0.05, 0.1) is 18.0 Å². The Morgan fingerprint density at radius 2 is 1.61 bits per heavy atom. The summed E-state index contributed by atoms with van der Waals surface area (Å²) in [6.45, 7) is 10.2. The van der Waals surface area contributed by atoms with Crippen molar-refractivity contribution in [1.82, 2.24) is 13.8 Å². The standard InChI is InChI=1S/C24H36N4O4S/c1-18(2)14-27(16-22-8-7-13-26(22)6)24(30)17-28(15-19(3)4)33(31,32)23-11-9-21(10-12-23)25-20(5)29/h7-13,18-19H,14-17H2,1-6H3,(H,25,29). The van der Waals surface area contributed by atoms with Crippen LogP contribution in [0.3, 0.4) is 0 Å². The molecule has 2 aromatic rings. The molecular formula is C24H36N4O4S. The predicted molar refractivity (Wildman–Crippen MR) is 130 cm³/mol. The number of nitrogens with zero attached hydrogens (tertiary/aromatic N) is 3. The van der Waals surface area contributed by atoms with E-state index in [2.05, 4.69) is 5.32 Å². The van der Waals surface area contributed by atoms with Gasteiger partial charge in [-0.1, -0.05) is 27.7 Å². The average molecular weight is 477 g/mol. The van der Waals surface area contributed by atoms with Crippen molar-refractivity contribution in [3.05, 3.63) is 48.3 Å². The van der Waals surface area contributed by atoms with E-state index in [4.69, 9.17) is 0 Å². The van der Waals surface area contributed by atoms with Crippen LogP contribution in [0.2, 0.25) is 0 Å². The smallest absolute Gasteiger partial charge is 0.243 e. The Morgan fingerprint density at radius 1 is 1.00 bits per heavy atom. The number of hydrogen-bond donors (Lipinski definition) is 1. The number of amides is 2. The minimum absolute atomic E-state index is 0.0395. The number of aromatic nitrogens is 1. The summed E-state index contributed by atoms with van der Waals surface area (Å²) in [7, 11) is -1.98. The first kappa shape index (κ1) is 26.6. The first-order valence-electron chi connectivity index (χ1n) is 11.2. The van der Waals surface area contributed by atoms with Crippen molar-refractivity contribution in [2.45, 2.75) is 46.1 Å². The Labute approximate surface area is 197 Å². The fraction of sp³-hybridized carbons (Fsp3) is 0.500. The number of carbonyl (C=O) groups is 2. The maximum atomic E-state index is 13.4. The maximum absolute atomic E-state index is 13.4. The number of benzene rings is 1. The van der Waals surface area contributed by atoms with Crippen LogP contribution in [0.1, 0.15) is 40.3 Å². The number of nitrogens with one attached hydrogen (secondary N) is 1. The molecule has 1 aromatic carbocycles. The van der Waals surface area contributed by atoms with E-state index in [1.165, 1.54) is 23.4 Å². The monoisotopic (exact) mass is 476 g/mol. The summed E-state index contributed by atoms with van der Waals surface area (Å²) in [5, 5.41) is 2.63. The summed E-state index contributed by atoms with van der Waals surface area (Å²) in [5.41, 5.74) is 1.49. The molecule has 0 spiro atoms. The SMILES string of the molecule is CC(=O)Nc1ccc(S(=O)(=O)N(CC(=O)N(Cc2cccn2C)CC(C)C)CC(C)C)cc1. The molecule has 2 rings (SSSR count). The first-order valence-corrected chi connectivity index (χ1v) is 12.6. The highest BCUT2D eigenvalue weighted by molar-refractivity contribution is 7.89. The van der Waals surface area contributed by atoms with E-state index >= 15 is 0 Å². The molecule has 1 heterocycles. The van der Waals surface area contributed by atoms with Crippen LogP contribution in [-0.2, 0) is 33.2 Å². The molecule has 2 amide bonds. The third kappa shape index (κ3) is 7.71. The van der Waals surface area contributed by atoms with Crippen molar-refractivity contribution < 1.29 is 18.0 Å². The van der Waals surface area contributed by atoms with Crippen LogP contribution in [0, 0.1) is 11.8 Å². The van der Waals surface area contributed by atoms with E-state index in [0.717, 1.165) is 5.69 Å². The fourth-order valence-corrected chi connectivity index (χ4v) is 5.07. The van der Waals surface area contributed by atoms with Crippen molar-refractivity contribution in [1.29, 1.82) is 0 Å². The Hall–Kier alpha value is -2.65. The lowest BCUT2D eigenvalue weighted by Crippen LogP contribution is -2.45. The van der Waals surface area contributed by atoms with E-state index in [0.29, 0.717) is 18.8 Å². The Balaban J connectivity index is 2.28. The fourth-order valence-electron chi connectivity index (χ4n) is 3.52. The number of sulfonamides is 1. The quantitative estimate of drug-likeness (QED) is 0.539. The molecule has 0 atom stereocenters. The number of hydrogen-bond acceptors (Lipinski definition) is 4. The van der Waals surface area contributed by atoms with Gasteiger partial charge >= 0.3 is 0 Å². The van der Waals surface area contributed by atoms with Crippen LogP contribution in [0.25, 0.3) is 0 Å². The van der Waals surface area contributed by atoms with Crippen molar-refractivity contribution in [3.8, 4) is 0 Å². The van der Waals surface area contributed by atoms with Gasteiger partial charge in [-0.2, -0.15) is 4.31 Å². The van der Waals surface area contributed by atoms with Gasteiger partial charge in [0.25, 0.3) is 0 Å². The van der Waals surface area contributed by atoms with Gasteiger partial charge in [-0.3, -0.25) is 9.59 Å². The van der Waals surface area contributed by atoms with Gasteiger partial charge in [-0.05, 0) is 48.2 Å². The van der Waals surface area contributed by atoms with Crippen molar-refractivity contribution in [2.24, 2.45) is 18.9 Å². The van der Waals surface area contributed by atoms with Gasteiger partial charge in [-0.15, -0.1) is 0 Å². The van der Waals surface area contributed by atoms with E-state index in [9.17, 15) is 18.0 Å². The van der Waals surface area contributed by atoms with Crippen LogP contribution in [0.5, 0.6) is 0 Å². The highest BCUT2D eigenvalue weighted by Crippen LogP contribution is 2.20. The average Bonchev–Trinajstić information content (AvgIpc) is 3.10. The molecule has 9 heteroatoms. The van der Waals surface area contributed by atoms with Crippen molar-refractivity contribution >= 4 is 27.5 Å². The highest BCUT2D eigenvalue weighted by Gasteiger charge is 2.29. The molecule has 0 aliphatic rings. The van der Waals surface area contributed by atoms with Crippen LogP contribution in [0.4, 0.5) is 5.69 Å². The normalized spacial score (nSPS) is 11.9. The zero-order valence-electron chi connectivity index (χ0n) is 20.4. The van der Waals surface area contributed by atoms with Gasteiger partial charge in [0.15, 0.2) is 0 Å². The molecule has 0 fully saturated rings. The topological polar surface area (TPSA) is 91.7 Å². The highest BCUT2D eigenvalue weighted by atomic mass is 32.2. The van der Waals surface area contributed by atoms with Crippen LogP contribution >= 0.6 is 0 Å². The van der Waals surface area contributed by atoms with Crippen molar-refractivity contribution in [2.75, 3.05) is 25.0 Å². The lowest BCUT2D eigenvalue weighted by atomic mass is 10.2. The van der Waals surface area contributed by atoms with Crippen LogP contribution in [-0.4, -0.2) is 53.6 Å². The van der Waals surface area contributed by atoms with E-state index in [-0.39, 0.29) is 41.6 Å². The summed E-state index contributed by atoms with van der Waals surface area (Å²) < 4.78 is 30.0. The number of rotatable bonds is 11. The van der Waals surface area contributed by atoms with Gasteiger partial charge < -0.3 is 14.8 Å². The number of aryl methyl sites for hydroxylation is 1. The van der Waals surface area contributed by atoms with Crippen molar-refractivity contribution in [3.63, 3.8) is 0 Å². The molecule has 1 aromatic heterocycles. The minimum Gasteiger partial charge on any atom is -0.353 e. The lowest BCUT2D eigenvalue weighted by molar-refractivity contribution is -0.132. The van der Waals surface area contributed by atoms with Gasteiger partial charge in [-0.25, -0.2) is 8.42 Å². The second kappa shape index (κ2) is 11.5. The maximum Gasteiger partial charge on any atom is 0.243 e. The zero-order valence-corrected chi connectivity index (χ0v) is 21.2. The van der Waals surface area contributed by atoms with Gasteiger partial charge in [0.1, 0.15) is 0 Å². The van der Waals surface area contributed by atoms with E-state index < -0.39 is 10.0 Å². The van der Waals surface area contributed by atoms with E-state index in [1.54, 1.807) is 17.0 Å². The molecule has 8 nitrogen and oxygen atoms in total. The first-order chi connectivity index (χ1) is 15.4. The summed E-state index contributed by atoms with van der Waals surface area (Å²) in [6, 6.07) is 9.88. The molecule has 0 aliphatic carbocycles. The molecule has 33 heavy (non-hydrogen) atoms. The third-order valence-corrected chi connectivity index (χ3v) is 6.86. The number of carbonyl (C=O) groups excluding carboxylic acids is 2. The van der Waals surface area contributed by atoms with Gasteiger partial charge in [0, 0.05) is 44.6 Å². The Morgan fingerprint density at radius 3 is 2.09 bits per heavy atom. The summed E-state index contributed by atoms with van der Waals surface area (Å²) >= 11 is 0. The molecule has 1 N–H and O–H groups in total. The zero-order chi connectivity index (χ0) is 24.8. The second-order valence-corrected chi connectivity index (χ2v) is 11.1. The summed E-state index contributed by atoms with van der Waals surface area (Å²) in [5.74, 6) is -0.187. The summed E-state index contributed by atoms with van der Waals surface area (Å²) in [6.07, 6.45) is 1.92. The molecule has 182 valence electrons. The lowest BCUT2D eigenvalue weighted by Gasteiger charge is -2.29. The predicted octanol–water partition coefficient (Wildman–Crippen LogP) is 3.32. The Kier molecular flexibility index (Phi) is 9.25. The van der Waals surface area contributed by atoms with Gasteiger partial charge in [0.2, 0.25) is 21.8 Å². The molecule has 0 saturated heterocycles. The summed E-state index contributed by atoms with van der Waals surface area (Å²) in [4.78, 5) is 26.4. The minimum atomic E-state index is -3.90. The molecule has 0 aliphatic heterocycles. The molecule has 0 saturated carbocycles. The van der Waals surface area contributed by atoms with Crippen LogP contribution < -0.4 is 5.32 Å².